The van der Waals surface area contributed by atoms with Crippen molar-refractivity contribution in [1.29, 1.82) is 0 Å². The van der Waals surface area contributed by atoms with Gasteiger partial charge in [0.2, 0.25) is 5.91 Å². The molecule has 13 heteroatoms. The molecule has 4 rings (SSSR count). The Kier molecular flexibility index (Phi) is 7.75. The molecule has 0 bridgehead atoms. The van der Waals surface area contributed by atoms with Crippen LogP contribution in [0, 0.1) is 0 Å². The molecule has 1 amide bonds. The lowest BCUT2D eigenvalue weighted by Crippen LogP contribution is -2.14. The number of carbonyl (C=O) groups excluding carboxylic acids is 1. The second kappa shape index (κ2) is 11.1. The second-order valence-electron chi connectivity index (χ2n) is 7.52. The minimum absolute atomic E-state index is 0.110. The number of carbonyl (C=O) groups is 1. The van der Waals surface area contributed by atoms with E-state index in [4.69, 9.17) is 38.4 Å². The zero-order chi connectivity index (χ0) is 26.5. The van der Waals surface area contributed by atoms with Crippen LogP contribution in [0.4, 0.5) is 17.3 Å². The molecule has 3 aromatic heterocycles. The maximum absolute atomic E-state index is 11.5. The monoisotopic (exact) mass is 540 g/mol. The van der Waals surface area contributed by atoms with Crippen molar-refractivity contribution in [3.63, 3.8) is 0 Å². The average Bonchev–Trinajstić information content (AvgIpc) is 3.38. The molecule has 0 saturated carbocycles. The Balaban J connectivity index is 1.62. The molecule has 0 fully saturated rings. The summed E-state index contributed by atoms with van der Waals surface area (Å²) in [5.41, 5.74) is 8.05. The Morgan fingerprint density at radius 3 is 2.51 bits per heavy atom. The maximum atomic E-state index is 11.5. The van der Waals surface area contributed by atoms with E-state index in [1.807, 2.05) is 6.07 Å². The van der Waals surface area contributed by atoms with Crippen molar-refractivity contribution in [1.82, 2.24) is 24.9 Å². The summed E-state index contributed by atoms with van der Waals surface area (Å²) in [5, 5.41) is 6.89. The third kappa shape index (κ3) is 5.42. The highest BCUT2D eigenvalue weighted by Crippen LogP contribution is 2.45. The van der Waals surface area contributed by atoms with Crippen molar-refractivity contribution < 1.29 is 14.3 Å². The van der Waals surface area contributed by atoms with Crippen LogP contribution in [0.5, 0.6) is 11.5 Å². The lowest BCUT2D eigenvalue weighted by molar-refractivity contribution is -0.112. The van der Waals surface area contributed by atoms with Gasteiger partial charge in [-0.15, -0.1) is 0 Å². The smallest absolute Gasteiger partial charge is 0.250 e. The highest BCUT2D eigenvalue weighted by atomic mass is 35.5. The molecule has 0 aliphatic rings. The van der Waals surface area contributed by atoms with Crippen molar-refractivity contribution in [2.24, 2.45) is 5.73 Å². The summed E-state index contributed by atoms with van der Waals surface area (Å²) in [5.74, 6) is 1.08. The van der Waals surface area contributed by atoms with E-state index >= 15 is 0 Å². The number of nitrogens with zero attached hydrogens (tertiary/aromatic N) is 4. The number of imidazole rings is 1. The molecule has 3 heterocycles. The van der Waals surface area contributed by atoms with Crippen LogP contribution >= 0.6 is 23.2 Å². The molecule has 0 radical (unpaired) electrons. The largest absolute Gasteiger partial charge is 0.495 e. The van der Waals surface area contributed by atoms with Gasteiger partial charge in [0.05, 0.1) is 55.4 Å². The molecule has 1 aromatic carbocycles. The van der Waals surface area contributed by atoms with Gasteiger partial charge >= 0.3 is 0 Å². The fraction of sp³-hybridized carbons (Fsp3) is 0.125. The number of nitrogens with two attached hydrogens (primary N) is 1. The summed E-state index contributed by atoms with van der Waals surface area (Å²) in [7, 11) is 2.99. The molecule has 0 atom stereocenters. The van der Waals surface area contributed by atoms with Crippen molar-refractivity contribution >= 4 is 52.0 Å². The zero-order valence-corrected chi connectivity index (χ0v) is 21.3. The van der Waals surface area contributed by atoms with Crippen LogP contribution in [0.1, 0.15) is 11.4 Å². The Labute approximate surface area is 222 Å². The Hall–Kier alpha value is -4.35. The van der Waals surface area contributed by atoms with Gasteiger partial charge in [-0.3, -0.25) is 4.79 Å². The number of anilines is 3. The summed E-state index contributed by atoms with van der Waals surface area (Å²) in [6.45, 7) is 3.97. The van der Waals surface area contributed by atoms with Crippen molar-refractivity contribution in [2.45, 2.75) is 6.54 Å². The van der Waals surface area contributed by atoms with Gasteiger partial charge in [-0.25, -0.2) is 19.9 Å². The standard InChI is InChI=1S/C24H22Cl2N8O3/c1-12(23(27)35)21-15(31-11-33-21)9-29-18-7-14(30-10-32-18)13-5-4-6-28-24(13)34-22-19(25)16(36-2)8-17(37-3)20(22)26/h4-8,10-11H,1,9H2,2-3H3,(H2,27,35)(H,28,34)(H,31,33)(H,29,30,32). The Morgan fingerprint density at radius 1 is 1.11 bits per heavy atom. The summed E-state index contributed by atoms with van der Waals surface area (Å²) < 4.78 is 10.7. The molecule has 0 saturated heterocycles. The fourth-order valence-electron chi connectivity index (χ4n) is 3.44. The fourth-order valence-corrected chi connectivity index (χ4v) is 4.03. The van der Waals surface area contributed by atoms with E-state index in [0.717, 1.165) is 0 Å². The molecule has 0 unspecified atom stereocenters. The van der Waals surface area contributed by atoms with E-state index in [0.29, 0.717) is 51.5 Å². The molecular formula is C24H22Cl2N8O3. The maximum Gasteiger partial charge on any atom is 0.250 e. The molecule has 190 valence electrons. The number of pyridine rings is 1. The first kappa shape index (κ1) is 25.7. The van der Waals surface area contributed by atoms with Gasteiger partial charge in [0.25, 0.3) is 0 Å². The van der Waals surface area contributed by atoms with Gasteiger partial charge in [-0.05, 0) is 12.1 Å². The summed E-state index contributed by atoms with van der Waals surface area (Å²) in [6, 6.07) is 6.96. The average molecular weight is 541 g/mol. The lowest BCUT2D eigenvalue weighted by Gasteiger charge is -2.17. The van der Waals surface area contributed by atoms with E-state index < -0.39 is 5.91 Å². The number of nitrogens with one attached hydrogen (secondary N) is 3. The number of H-pyrrole nitrogens is 1. The lowest BCUT2D eigenvalue weighted by atomic mass is 10.1. The number of ether oxygens (including phenoxy) is 2. The first-order valence-corrected chi connectivity index (χ1v) is 11.5. The topological polar surface area (TPSA) is 153 Å². The normalized spacial score (nSPS) is 10.6. The van der Waals surface area contributed by atoms with E-state index in [1.54, 1.807) is 24.4 Å². The van der Waals surface area contributed by atoms with Crippen LogP contribution in [0.3, 0.4) is 0 Å². The number of aromatic nitrogens is 5. The van der Waals surface area contributed by atoms with Crippen LogP contribution in [0.25, 0.3) is 16.8 Å². The minimum Gasteiger partial charge on any atom is -0.495 e. The molecule has 37 heavy (non-hydrogen) atoms. The Morgan fingerprint density at radius 2 is 1.84 bits per heavy atom. The van der Waals surface area contributed by atoms with E-state index in [1.165, 1.54) is 26.9 Å². The highest BCUT2D eigenvalue weighted by molar-refractivity contribution is 6.41. The quantitative estimate of drug-likeness (QED) is 0.214. The predicted octanol–water partition coefficient (Wildman–Crippen LogP) is 4.44. The van der Waals surface area contributed by atoms with Gasteiger partial charge in [-0.1, -0.05) is 29.8 Å². The molecular weight excluding hydrogens is 519 g/mol. The molecule has 0 aliphatic carbocycles. The molecule has 0 aliphatic heterocycles. The summed E-state index contributed by atoms with van der Waals surface area (Å²) >= 11 is 13.1. The van der Waals surface area contributed by atoms with E-state index in [2.05, 4.69) is 42.1 Å². The minimum atomic E-state index is -0.650. The van der Waals surface area contributed by atoms with Gasteiger partial charge in [0.1, 0.15) is 39.5 Å². The number of methoxy groups -OCH3 is 2. The second-order valence-corrected chi connectivity index (χ2v) is 8.28. The number of rotatable bonds is 10. The van der Waals surface area contributed by atoms with Crippen molar-refractivity contribution in [3.8, 4) is 22.8 Å². The van der Waals surface area contributed by atoms with Crippen LogP contribution in [0.15, 0.2) is 49.7 Å². The van der Waals surface area contributed by atoms with Crippen LogP contribution < -0.4 is 25.8 Å². The predicted molar refractivity (Wildman–Crippen MR) is 142 cm³/mol. The SMILES string of the molecule is C=C(C(N)=O)c1nc[nH]c1CNc1cc(-c2cccnc2Nc2c(Cl)c(OC)cc(OC)c2Cl)ncn1. The number of benzene rings is 1. The van der Waals surface area contributed by atoms with Crippen LogP contribution in [-0.4, -0.2) is 45.0 Å². The third-order valence-electron chi connectivity index (χ3n) is 5.32. The highest BCUT2D eigenvalue weighted by Gasteiger charge is 2.20. The van der Waals surface area contributed by atoms with Crippen LogP contribution in [0.2, 0.25) is 10.0 Å². The number of hydrogen-bond acceptors (Lipinski definition) is 9. The first-order chi connectivity index (χ1) is 17.8. The number of amides is 1. The Bertz CT molecular complexity index is 1450. The summed E-state index contributed by atoms with van der Waals surface area (Å²) in [6.07, 6.45) is 4.50. The number of hydrogen-bond donors (Lipinski definition) is 4. The number of primary amides is 1. The summed E-state index contributed by atoms with van der Waals surface area (Å²) in [4.78, 5) is 31.7. The van der Waals surface area contributed by atoms with Gasteiger partial charge in [0.15, 0.2) is 0 Å². The third-order valence-corrected chi connectivity index (χ3v) is 6.07. The van der Waals surface area contributed by atoms with Gasteiger partial charge in [0, 0.05) is 23.9 Å². The van der Waals surface area contributed by atoms with E-state index in [9.17, 15) is 4.79 Å². The molecule has 4 aromatic rings. The molecule has 11 nitrogen and oxygen atoms in total. The van der Waals surface area contributed by atoms with Crippen LogP contribution in [-0.2, 0) is 11.3 Å². The zero-order valence-electron chi connectivity index (χ0n) is 19.8. The van der Waals surface area contributed by atoms with Crippen molar-refractivity contribution in [2.75, 3.05) is 24.9 Å². The molecule has 5 N–H and O–H groups in total. The molecule has 0 spiro atoms. The van der Waals surface area contributed by atoms with E-state index in [-0.39, 0.29) is 22.2 Å². The number of halogens is 2. The van der Waals surface area contributed by atoms with Gasteiger partial charge < -0.3 is 30.8 Å². The van der Waals surface area contributed by atoms with Gasteiger partial charge in [-0.2, -0.15) is 0 Å². The number of aromatic amines is 1. The van der Waals surface area contributed by atoms with Crippen molar-refractivity contribution in [3.05, 3.63) is 71.1 Å². The first-order valence-electron chi connectivity index (χ1n) is 10.7.